The zero-order valence-corrected chi connectivity index (χ0v) is 14.0. The van der Waals surface area contributed by atoms with Gasteiger partial charge < -0.3 is 9.47 Å². The van der Waals surface area contributed by atoms with Crippen LogP contribution in [0.3, 0.4) is 0 Å². The third-order valence-corrected chi connectivity index (χ3v) is 5.40. The summed E-state index contributed by atoms with van der Waals surface area (Å²) in [6, 6.07) is 3.92. The van der Waals surface area contributed by atoms with E-state index in [1.165, 1.54) is 39.5 Å². The first-order valence-electron chi connectivity index (χ1n) is 6.35. The topological polar surface area (TPSA) is 72.9 Å². The van der Waals surface area contributed by atoms with Gasteiger partial charge in [0.2, 0.25) is 10.0 Å². The molecule has 0 atom stereocenters. The molecule has 22 heavy (non-hydrogen) atoms. The van der Waals surface area contributed by atoms with Crippen molar-refractivity contribution in [2.45, 2.75) is 24.3 Å². The van der Waals surface area contributed by atoms with E-state index < -0.39 is 21.5 Å². The van der Waals surface area contributed by atoms with Crippen LogP contribution in [-0.2, 0) is 14.8 Å². The lowest BCUT2D eigenvalue weighted by molar-refractivity contribution is 0.0597. The highest BCUT2D eigenvalue weighted by molar-refractivity contribution is 7.89. The molecule has 0 heterocycles. The Morgan fingerprint density at radius 1 is 1.32 bits per heavy atom. The van der Waals surface area contributed by atoms with Crippen molar-refractivity contribution < 1.29 is 22.7 Å². The predicted octanol–water partition coefficient (Wildman–Crippen LogP) is 1.51. The molecule has 0 aliphatic rings. The molecule has 0 spiro atoms. The molecule has 0 saturated carbocycles. The van der Waals surface area contributed by atoms with Crippen LogP contribution in [0.5, 0.6) is 5.75 Å². The summed E-state index contributed by atoms with van der Waals surface area (Å²) in [6.45, 7) is 3.23. The SMILES string of the molecule is C#CC(C)(C)N(C)S(=O)(=O)c1ccc(C(=O)OC)c(OC)c1. The zero-order chi connectivity index (χ0) is 17.1. The second-order valence-corrected chi connectivity index (χ2v) is 7.00. The molecular formula is C15H19NO5S. The van der Waals surface area contributed by atoms with Crippen LogP contribution in [0.2, 0.25) is 0 Å². The predicted molar refractivity (Wildman–Crippen MR) is 82.2 cm³/mol. The number of benzene rings is 1. The highest BCUT2D eigenvalue weighted by Gasteiger charge is 2.33. The number of methoxy groups -OCH3 is 2. The molecule has 120 valence electrons. The van der Waals surface area contributed by atoms with Crippen LogP contribution >= 0.6 is 0 Å². The summed E-state index contributed by atoms with van der Waals surface area (Å²) < 4.78 is 36.0. The Kier molecular flexibility index (Phi) is 5.22. The number of rotatable bonds is 5. The van der Waals surface area contributed by atoms with Crippen molar-refractivity contribution in [3.63, 3.8) is 0 Å². The van der Waals surface area contributed by atoms with Gasteiger partial charge in [-0.1, -0.05) is 5.92 Å². The van der Waals surface area contributed by atoms with E-state index in [0.717, 1.165) is 4.31 Å². The number of nitrogens with zero attached hydrogens (tertiary/aromatic N) is 1. The van der Waals surface area contributed by atoms with Crippen LogP contribution in [0.4, 0.5) is 0 Å². The maximum Gasteiger partial charge on any atom is 0.341 e. The lowest BCUT2D eigenvalue weighted by Gasteiger charge is -2.29. The van der Waals surface area contributed by atoms with Gasteiger partial charge in [-0.3, -0.25) is 0 Å². The number of terminal acetylenes is 1. The zero-order valence-electron chi connectivity index (χ0n) is 13.2. The fraction of sp³-hybridized carbons (Fsp3) is 0.400. The fourth-order valence-corrected chi connectivity index (χ4v) is 3.13. The van der Waals surface area contributed by atoms with Crippen molar-refractivity contribution in [1.82, 2.24) is 4.31 Å². The fourth-order valence-electron chi connectivity index (χ4n) is 1.66. The molecule has 0 N–H and O–H groups in total. The average molecular weight is 325 g/mol. The number of hydrogen-bond donors (Lipinski definition) is 0. The van der Waals surface area contributed by atoms with Gasteiger partial charge in [-0.05, 0) is 26.0 Å². The standard InChI is InChI=1S/C15H19NO5S/c1-7-15(2,3)16(4)22(18,19)11-8-9-12(14(17)21-6)13(10-11)20-5/h1,8-10H,2-6H3. The molecule has 1 aromatic carbocycles. The molecule has 0 amide bonds. The van der Waals surface area contributed by atoms with Gasteiger partial charge in [-0.25, -0.2) is 13.2 Å². The van der Waals surface area contributed by atoms with Gasteiger partial charge in [0.25, 0.3) is 0 Å². The van der Waals surface area contributed by atoms with Gasteiger partial charge in [0.1, 0.15) is 11.3 Å². The number of hydrogen-bond acceptors (Lipinski definition) is 5. The van der Waals surface area contributed by atoms with Crippen molar-refractivity contribution in [1.29, 1.82) is 0 Å². The van der Waals surface area contributed by atoms with Crippen LogP contribution in [0, 0.1) is 12.3 Å². The van der Waals surface area contributed by atoms with Gasteiger partial charge in [-0.15, -0.1) is 6.42 Å². The van der Waals surface area contributed by atoms with E-state index >= 15 is 0 Å². The molecule has 0 aliphatic heterocycles. The number of ether oxygens (including phenoxy) is 2. The number of sulfonamides is 1. The van der Waals surface area contributed by atoms with Gasteiger partial charge in [0.05, 0.1) is 24.7 Å². The highest BCUT2D eigenvalue weighted by Crippen LogP contribution is 2.28. The molecule has 7 heteroatoms. The Morgan fingerprint density at radius 2 is 1.91 bits per heavy atom. The first kappa shape index (κ1) is 18.0. The minimum absolute atomic E-state index is 0.0252. The maximum atomic E-state index is 12.6. The highest BCUT2D eigenvalue weighted by atomic mass is 32.2. The Hall–Kier alpha value is -2.04. The molecular weight excluding hydrogens is 306 g/mol. The van der Waals surface area contributed by atoms with Gasteiger partial charge >= 0.3 is 5.97 Å². The van der Waals surface area contributed by atoms with Crippen molar-refractivity contribution in [2.24, 2.45) is 0 Å². The third kappa shape index (κ3) is 3.24. The van der Waals surface area contributed by atoms with E-state index in [4.69, 9.17) is 11.2 Å². The van der Waals surface area contributed by atoms with E-state index in [-0.39, 0.29) is 16.2 Å². The third-order valence-electron chi connectivity index (χ3n) is 3.38. The summed E-state index contributed by atoms with van der Waals surface area (Å²) in [5.74, 6) is 1.92. The van der Waals surface area contributed by atoms with Gasteiger partial charge in [-0.2, -0.15) is 4.31 Å². The van der Waals surface area contributed by atoms with Gasteiger partial charge in [0.15, 0.2) is 0 Å². The van der Waals surface area contributed by atoms with Crippen LogP contribution in [-0.4, -0.2) is 45.5 Å². The van der Waals surface area contributed by atoms with E-state index in [2.05, 4.69) is 10.7 Å². The summed E-state index contributed by atoms with van der Waals surface area (Å²) in [7, 11) is 0.139. The minimum Gasteiger partial charge on any atom is -0.496 e. The molecule has 0 fully saturated rings. The average Bonchev–Trinajstić information content (AvgIpc) is 2.52. The Bertz CT molecular complexity index is 716. The molecule has 0 aromatic heterocycles. The lowest BCUT2D eigenvalue weighted by atomic mass is 10.1. The van der Waals surface area contributed by atoms with E-state index in [9.17, 15) is 13.2 Å². The van der Waals surface area contributed by atoms with Crippen LogP contribution < -0.4 is 4.74 Å². The number of esters is 1. The Labute approximate surface area is 131 Å². The van der Waals surface area contributed by atoms with E-state index in [0.29, 0.717) is 0 Å². The summed E-state index contributed by atoms with van der Waals surface area (Å²) in [5.41, 5.74) is -0.851. The summed E-state index contributed by atoms with van der Waals surface area (Å²) >= 11 is 0. The number of carbonyl (C=O) groups excluding carboxylic acids is 1. The second-order valence-electron chi connectivity index (χ2n) is 5.03. The normalized spacial score (nSPS) is 11.9. The second kappa shape index (κ2) is 6.38. The number of carbonyl (C=O) groups is 1. The molecule has 0 radical (unpaired) electrons. The van der Waals surface area contributed by atoms with Crippen LogP contribution in [0.1, 0.15) is 24.2 Å². The van der Waals surface area contributed by atoms with Crippen LogP contribution in [0.25, 0.3) is 0 Å². The van der Waals surface area contributed by atoms with Gasteiger partial charge in [0, 0.05) is 13.1 Å². The molecule has 0 unspecified atom stereocenters. The van der Waals surface area contributed by atoms with E-state index in [1.54, 1.807) is 13.8 Å². The molecule has 0 bridgehead atoms. The molecule has 0 aliphatic carbocycles. The van der Waals surface area contributed by atoms with Crippen molar-refractivity contribution in [3.8, 4) is 18.1 Å². The van der Waals surface area contributed by atoms with Crippen molar-refractivity contribution >= 4 is 16.0 Å². The summed E-state index contributed by atoms with van der Waals surface area (Å²) in [4.78, 5) is 11.6. The quantitative estimate of drug-likeness (QED) is 0.606. The Balaban J connectivity index is 3.40. The molecule has 1 rings (SSSR count). The first-order chi connectivity index (χ1) is 10.1. The minimum atomic E-state index is -3.83. The first-order valence-corrected chi connectivity index (χ1v) is 7.79. The maximum absolute atomic E-state index is 12.6. The van der Waals surface area contributed by atoms with Crippen molar-refractivity contribution in [3.05, 3.63) is 23.8 Å². The molecule has 1 aromatic rings. The molecule has 6 nitrogen and oxygen atoms in total. The molecule has 0 saturated heterocycles. The Morgan fingerprint density at radius 3 is 2.36 bits per heavy atom. The summed E-state index contributed by atoms with van der Waals surface area (Å²) in [5, 5.41) is 0. The monoisotopic (exact) mass is 325 g/mol. The van der Waals surface area contributed by atoms with E-state index in [1.807, 2.05) is 0 Å². The largest absolute Gasteiger partial charge is 0.496 e. The van der Waals surface area contributed by atoms with Crippen molar-refractivity contribution in [2.75, 3.05) is 21.3 Å². The lowest BCUT2D eigenvalue weighted by Crippen LogP contribution is -2.43. The van der Waals surface area contributed by atoms with Crippen LogP contribution in [0.15, 0.2) is 23.1 Å². The summed E-state index contributed by atoms with van der Waals surface area (Å²) in [6.07, 6.45) is 5.38. The smallest absolute Gasteiger partial charge is 0.341 e.